The van der Waals surface area contributed by atoms with Crippen molar-refractivity contribution in [3.8, 4) is 17.1 Å². The van der Waals surface area contributed by atoms with Crippen molar-refractivity contribution < 1.29 is 27.1 Å². The fourth-order valence-electron chi connectivity index (χ4n) is 4.09. The molecule has 0 bridgehead atoms. The smallest absolute Gasteiger partial charge is 0.435 e. The Kier molecular flexibility index (Phi) is 6.05. The summed E-state index contributed by atoms with van der Waals surface area (Å²) in [6, 6.07) is 7.33. The standard InChI is InChI=1S/C24H20F4N6O3/c1-15-13-32(14-29-15)17-3-4-18-22(35)31(8-9-33(18)23(17)36)10-11-37-20-5-2-16(25)12-19(20)34-7-6-21(30-34)24(26,27)28/h2-7,12-14H,8-11H2,1H3. The minimum Gasteiger partial charge on any atom is -0.489 e. The van der Waals surface area contributed by atoms with Crippen LogP contribution in [0.3, 0.4) is 0 Å². The number of ether oxygens (including phenoxy) is 1. The number of nitrogens with zero attached hydrogens (tertiary/aromatic N) is 6. The number of aryl methyl sites for hydroxylation is 1. The van der Waals surface area contributed by atoms with Crippen LogP contribution < -0.4 is 10.3 Å². The Morgan fingerprint density at radius 1 is 1.05 bits per heavy atom. The molecule has 4 heterocycles. The SMILES string of the molecule is Cc1cn(-c2ccc3n(c2=O)CCN(CCOc2ccc(F)cc2-n2ccc(C(F)(F)F)n2)C3=O)cn1. The van der Waals surface area contributed by atoms with E-state index in [4.69, 9.17) is 4.74 Å². The second-order valence-electron chi connectivity index (χ2n) is 8.38. The molecule has 0 fully saturated rings. The predicted octanol–water partition coefficient (Wildman–Crippen LogP) is 3.22. The molecule has 13 heteroatoms. The number of carbonyl (C=O) groups excluding carboxylic acids is 1. The number of benzene rings is 1. The van der Waals surface area contributed by atoms with E-state index >= 15 is 0 Å². The maximum absolute atomic E-state index is 13.8. The third-order valence-electron chi connectivity index (χ3n) is 5.91. The summed E-state index contributed by atoms with van der Waals surface area (Å²) in [5, 5.41) is 3.47. The van der Waals surface area contributed by atoms with Crippen molar-refractivity contribution >= 4 is 5.91 Å². The van der Waals surface area contributed by atoms with Gasteiger partial charge in [-0.15, -0.1) is 0 Å². The number of amides is 1. The minimum absolute atomic E-state index is 0.0142. The van der Waals surface area contributed by atoms with Crippen molar-refractivity contribution in [3.63, 3.8) is 0 Å². The fourth-order valence-corrected chi connectivity index (χ4v) is 4.09. The van der Waals surface area contributed by atoms with Gasteiger partial charge >= 0.3 is 6.18 Å². The van der Waals surface area contributed by atoms with Crippen LogP contribution >= 0.6 is 0 Å². The van der Waals surface area contributed by atoms with E-state index in [0.29, 0.717) is 5.69 Å². The zero-order valence-electron chi connectivity index (χ0n) is 19.4. The molecular weight excluding hydrogens is 496 g/mol. The Hall–Kier alpha value is -4.42. The summed E-state index contributed by atoms with van der Waals surface area (Å²) >= 11 is 0. The number of carbonyl (C=O) groups is 1. The average molecular weight is 516 g/mol. The zero-order chi connectivity index (χ0) is 26.3. The topological polar surface area (TPSA) is 87.2 Å². The van der Waals surface area contributed by atoms with E-state index in [9.17, 15) is 27.2 Å². The van der Waals surface area contributed by atoms with E-state index in [0.717, 1.165) is 34.8 Å². The van der Waals surface area contributed by atoms with E-state index in [1.165, 1.54) is 21.9 Å². The summed E-state index contributed by atoms with van der Waals surface area (Å²) in [6.45, 7) is 2.45. The van der Waals surface area contributed by atoms with Gasteiger partial charge in [0.15, 0.2) is 5.69 Å². The maximum Gasteiger partial charge on any atom is 0.435 e. The molecule has 0 unspecified atom stereocenters. The first kappa shape index (κ1) is 24.3. The molecule has 0 saturated carbocycles. The highest BCUT2D eigenvalue weighted by atomic mass is 19.4. The lowest BCUT2D eigenvalue weighted by atomic mass is 10.2. The van der Waals surface area contributed by atoms with E-state index in [2.05, 4.69) is 10.1 Å². The fraction of sp³-hybridized carbons (Fsp3) is 0.250. The molecule has 0 N–H and O–H groups in total. The molecule has 37 heavy (non-hydrogen) atoms. The van der Waals surface area contributed by atoms with Crippen LogP contribution in [-0.4, -0.2) is 54.4 Å². The third-order valence-corrected chi connectivity index (χ3v) is 5.91. The molecule has 0 atom stereocenters. The predicted molar refractivity (Wildman–Crippen MR) is 122 cm³/mol. The number of aromatic nitrogens is 5. The maximum atomic E-state index is 13.8. The molecule has 0 aliphatic carbocycles. The summed E-state index contributed by atoms with van der Waals surface area (Å²) in [7, 11) is 0. The lowest BCUT2D eigenvalue weighted by Crippen LogP contribution is -2.46. The van der Waals surface area contributed by atoms with Gasteiger partial charge in [0.1, 0.15) is 35.2 Å². The van der Waals surface area contributed by atoms with Crippen molar-refractivity contribution in [1.29, 1.82) is 0 Å². The van der Waals surface area contributed by atoms with Crippen molar-refractivity contribution in [2.75, 3.05) is 19.7 Å². The molecule has 1 aliphatic heterocycles. The monoisotopic (exact) mass is 516 g/mol. The number of pyridine rings is 1. The Labute approximate surface area is 207 Å². The van der Waals surface area contributed by atoms with Gasteiger partial charge in [-0.2, -0.15) is 18.3 Å². The molecule has 5 rings (SSSR count). The zero-order valence-corrected chi connectivity index (χ0v) is 19.4. The van der Waals surface area contributed by atoms with Gasteiger partial charge < -0.3 is 18.8 Å². The van der Waals surface area contributed by atoms with Gasteiger partial charge in [-0.3, -0.25) is 9.59 Å². The van der Waals surface area contributed by atoms with Crippen molar-refractivity contribution in [3.05, 3.63) is 88.4 Å². The molecule has 0 spiro atoms. The van der Waals surface area contributed by atoms with Crippen molar-refractivity contribution in [2.24, 2.45) is 0 Å². The Morgan fingerprint density at radius 3 is 2.57 bits per heavy atom. The molecule has 192 valence electrons. The summed E-state index contributed by atoms with van der Waals surface area (Å²) in [5.41, 5.74) is -0.0864. The van der Waals surface area contributed by atoms with Gasteiger partial charge in [-0.25, -0.2) is 14.1 Å². The first-order valence-corrected chi connectivity index (χ1v) is 11.2. The number of rotatable bonds is 6. The molecule has 3 aromatic heterocycles. The van der Waals surface area contributed by atoms with Crippen LogP contribution in [0.15, 0.2) is 59.9 Å². The van der Waals surface area contributed by atoms with Crippen LogP contribution in [0.1, 0.15) is 21.9 Å². The first-order valence-electron chi connectivity index (χ1n) is 11.2. The van der Waals surface area contributed by atoms with Gasteiger partial charge in [-0.1, -0.05) is 0 Å². The average Bonchev–Trinajstić information content (AvgIpc) is 3.51. The van der Waals surface area contributed by atoms with Gasteiger partial charge in [0.2, 0.25) is 0 Å². The molecule has 4 aromatic rings. The second kappa shape index (κ2) is 9.22. The third kappa shape index (κ3) is 4.71. The Morgan fingerprint density at radius 2 is 1.86 bits per heavy atom. The molecule has 1 aliphatic rings. The normalized spacial score (nSPS) is 13.6. The van der Waals surface area contributed by atoms with E-state index in [1.807, 2.05) is 0 Å². The number of hydrogen-bond donors (Lipinski definition) is 0. The highest BCUT2D eigenvalue weighted by Crippen LogP contribution is 2.30. The summed E-state index contributed by atoms with van der Waals surface area (Å²) < 4.78 is 62.3. The molecule has 9 nitrogen and oxygen atoms in total. The van der Waals surface area contributed by atoms with Crippen LogP contribution in [-0.2, 0) is 12.7 Å². The van der Waals surface area contributed by atoms with Crippen molar-refractivity contribution in [2.45, 2.75) is 19.6 Å². The number of hydrogen-bond acceptors (Lipinski definition) is 5. The Balaban J connectivity index is 1.30. The van der Waals surface area contributed by atoms with Crippen LogP contribution in [0.2, 0.25) is 0 Å². The number of fused-ring (bicyclic) bond motifs is 1. The van der Waals surface area contributed by atoms with Gasteiger partial charge in [0.05, 0.1) is 18.6 Å². The van der Waals surface area contributed by atoms with Crippen LogP contribution in [0, 0.1) is 12.7 Å². The van der Waals surface area contributed by atoms with Crippen molar-refractivity contribution in [1.82, 2.24) is 28.8 Å². The molecule has 0 radical (unpaired) electrons. The van der Waals surface area contributed by atoms with Gasteiger partial charge in [0, 0.05) is 31.5 Å². The number of halogens is 4. The van der Waals surface area contributed by atoms with Crippen LogP contribution in [0.25, 0.3) is 11.4 Å². The molecule has 0 saturated heterocycles. The second-order valence-corrected chi connectivity index (χ2v) is 8.38. The molecule has 1 amide bonds. The summed E-state index contributed by atoms with van der Waals surface area (Å²) in [6.07, 6.45) is -0.337. The number of alkyl halides is 3. The quantitative estimate of drug-likeness (QED) is 0.368. The highest BCUT2D eigenvalue weighted by molar-refractivity contribution is 5.93. The van der Waals surface area contributed by atoms with Crippen LogP contribution in [0.5, 0.6) is 5.75 Å². The highest BCUT2D eigenvalue weighted by Gasteiger charge is 2.34. The van der Waals surface area contributed by atoms with E-state index in [-0.39, 0.29) is 54.8 Å². The largest absolute Gasteiger partial charge is 0.489 e. The van der Waals surface area contributed by atoms with Gasteiger partial charge in [0.25, 0.3) is 11.5 Å². The summed E-state index contributed by atoms with van der Waals surface area (Å²) in [5.74, 6) is -0.939. The van der Waals surface area contributed by atoms with Gasteiger partial charge in [-0.05, 0) is 37.3 Å². The summed E-state index contributed by atoms with van der Waals surface area (Å²) in [4.78, 5) is 31.6. The Bertz CT molecular complexity index is 1540. The number of imidazole rings is 1. The van der Waals surface area contributed by atoms with E-state index < -0.39 is 17.7 Å². The van der Waals surface area contributed by atoms with E-state index in [1.54, 1.807) is 29.8 Å². The lowest BCUT2D eigenvalue weighted by molar-refractivity contribution is -0.141. The minimum atomic E-state index is -4.65. The van der Waals surface area contributed by atoms with Crippen LogP contribution in [0.4, 0.5) is 17.6 Å². The molecular formula is C24H20F4N6O3. The first-order chi connectivity index (χ1) is 17.6. The lowest BCUT2D eigenvalue weighted by Gasteiger charge is -2.29. The molecule has 1 aromatic carbocycles.